The van der Waals surface area contributed by atoms with Crippen LogP contribution in [-0.2, 0) is 0 Å². The first-order chi connectivity index (χ1) is 16.7. The molecule has 1 unspecified atom stereocenters. The number of ether oxygens (including phenoxy) is 1. The molecule has 174 valence electrons. The predicted molar refractivity (Wildman–Crippen MR) is 127 cm³/mol. The summed E-state index contributed by atoms with van der Waals surface area (Å²) in [6, 6.07) is 13.3. The summed E-state index contributed by atoms with van der Waals surface area (Å²) in [5, 5.41) is 17.3. The lowest BCUT2D eigenvalue weighted by Gasteiger charge is -2.24. The average Bonchev–Trinajstić information content (AvgIpc) is 3.63. The fourth-order valence-electron chi connectivity index (χ4n) is 4.33. The largest absolute Gasteiger partial charge is 0.493 e. The van der Waals surface area contributed by atoms with Gasteiger partial charge in [-0.25, -0.2) is 0 Å². The number of rotatable bonds is 7. The van der Waals surface area contributed by atoms with Crippen molar-refractivity contribution in [2.75, 3.05) is 13.2 Å². The predicted octanol–water partition coefficient (Wildman–Crippen LogP) is 4.13. The van der Waals surface area contributed by atoms with Crippen LogP contribution in [0.3, 0.4) is 0 Å². The maximum atomic E-state index is 13.7. The Morgan fingerprint density at radius 2 is 1.97 bits per heavy atom. The van der Waals surface area contributed by atoms with Gasteiger partial charge in [0.15, 0.2) is 11.6 Å². The quantitative estimate of drug-likeness (QED) is 0.448. The van der Waals surface area contributed by atoms with Gasteiger partial charge in [-0.3, -0.25) is 4.79 Å². The SMILES string of the molecule is CCCOc1ccccc1-c1nnc(C2CCCN2C(=O)c2cc(C)ccc2-n2nccn2)[nH]1. The van der Waals surface area contributed by atoms with E-state index in [0.29, 0.717) is 36.1 Å². The summed E-state index contributed by atoms with van der Waals surface area (Å²) in [6.07, 6.45) is 5.83. The van der Waals surface area contributed by atoms with Gasteiger partial charge >= 0.3 is 0 Å². The number of aryl methyl sites for hydroxylation is 1. The number of hydrogen-bond acceptors (Lipinski definition) is 6. The smallest absolute Gasteiger partial charge is 0.256 e. The Balaban J connectivity index is 1.44. The summed E-state index contributed by atoms with van der Waals surface area (Å²) in [6.45, 7) is 5.32. The third kappa shape index (κ3) is 4.16. The highest BCUT2D eigenvalue weighted by Crippen LogP contribution is 2.34. The van der Waals surface area contributed by atoms with Crippen molar-refractivity contribution in [2.45, 2.75) is 39.2 Å². The summed E-state index contributed by atoms with van der Waals surface area (Å²) in [4.78, 5) is 20.4. The number of nitrogens with zero attached hydrogens (tertiary/aromatic N) is 6. The minimum Gasteiger partial charge on any atom is -0.493 e. The van der Waals surface area contributed by atoms with Gasteiger partial charge in [-0.15, -0.1) is 10.2 Å². The number of hydrogen-bond donors (Lipinski definition) is 1. The third-order valence-electron chi connectivity index (χ3n) is 5.95. The number of carbonyl (C=O) groups excluding carboxylic acids is 1. The lowest BCUT2D eigenvalue weighted by molar-refractivity contribution is 0.0729. The first-order valence-corrected chi connectivity index (χ1v) is 11.6. The molecule has 1 fully saturated rings. The minimum atomic E-state index is -0.184. The van der Waals surface area contributed by atoms with Crippen LogP contribution in [0.15, 0.2) is 54.9 Å². The van der Waals surface area contributed by atoms with E-state index < -0.39 is 0 Å². The Morgan fingerprint density at radius 3 is 2.79 bits per heavy atom. The molecule has 0 bridgehead atoms. The lowest BCUT2D eigenvalue weighted by atomic mass is 10.1. The van der Waals surface area contributed by atoms with Gasteiger partial charge in [0, 0.05) is 6.54 Å². The molecule has 1 aliphatic rings. The van der Waals surface area contributed by atoms with Crippen molar-refractivity contribution in [3.8, 4) is 22.8 Å². The van der Waals surface area contributed by atoms with Crippen LogP contribution in [0, 0.1) is 6.92 Å². The molecule has 5 rings (SSSR count). The Labute approximate surface area is 197 Å². The molecule has 3 heterocycles. The second-order valence-electron chi connectivity index (χ2n) is 8.40. The maximum absolute atomic E-state index is 13.7. The second-order valence-corrected chi connectivity index (χ2v) is 8.40. The fraction of sp³-hybridized carbons (Fsp3) is 0.320. The number of para-hydroxylation sites is 1. The Kier molecular flexibility index (Phi) is 6.07. The van der Waals surface area contributed by atoms with E-state index in [4.69, 9.17) is 4.74 Å². The topological polar surface area (TPSA) is 102 Å². The van der Waals surface area contributed by atoms with Crippen molar-refractivity contribution in [1.29, 1.82) is 0 Å². The van der Waals surface area contributed by atoms with Crippen molar-refractivity contribution in [3.63, 3.8) is 0 Å². The lowest BCUT2D eigenvalue weighted by Crippen LogP contribution is -2.32. The van der Waals surface area contributed by atoms with Crippen molar-refractivity contribution in [3.05, 3.63) is 71.8 Å². The number of nitrogens with one attached hydrogen (secondary N) is 1. The highest BCUT2D eigenvalue weighted by molar-refractivity contribution is 5.98. The summed E-state index contributed by atoms with van der Waals surface area (Å²) < 4.78 is 5.89. The Bertz CT molecular complexity index is 1280. The zero-order valence-electron chi connectivity index (χ0n) is 19.3. The molecule has 0 saturated carbocycles. The van der Waals surface area contributed by atoms with Crippen LogP contribution in [-0.4, -0.2) is 54.1 Å². The van der Waals surface area contributed by atoms with Gasteiger partial charge in [0.05, 0.1) is 41.9 Å². The summed E-state index contributed by atoms with van der Waals surface area (Å²) in [5.74, 6) is 2.02. The van der Waals surface area contributed by atoms with E-state index >= 15 is 0 Å². The number of H-pyrrole nitrogens is 1. The molecule has 1 saturated heterocycles. The van der Waals surface area contributed by atoms with Crippen LogP contribution in [0.2, 0.25) is 0 Å². The molecule has 1 N–H and O–H groups in total. The van der Waals surface area contributed by atoms with Gasteiger partial charge < -0.3 is 14.6 Å². The van der Waals surface area contributed by atoms with Crippen molar-refractivity contribution >= 4 is 5.91 Å². The van der Waals surface area contributed by atoms with E-state index in [1.54, 1.807) is 12.4 Å². The number of amides is 1. The third-order valence-corrected chi connectivity index (χ3v) is 5.95. The van der Waals surface area contributed by atoms with Gasteiger partial charge in [-0.05, 0) is 50.5 Å². The molecule has 0 aliphatic carbocycles. The maximum Gasteiger partial charge on any atom is 0.256 e. The van der Waals surface area contributed by atoms with Crippen LogP contribution in [0.25, 0.3) is 17.1 Å². The molecular formula is C25H27N7O2. The van der Waals surface area contributed by atoms with Crippen molar-refractivity contribution in [2.24, 2.45) is 0 Å². The van der Waals surface area contributed by atoms with E-state index in [9.17, 15) is 4.79 Å². The van der Waals surface area contributed by atoms with Gasteiger partial charge in [0.1, 0.15) is 5.75 Å². The van der Waals surface area contributed by atoms with Crippen LogP contribution in [0.5, 0.6) is 5.75 Å². The molecule has 1 atom stereocenters. The fourth-order valence-corrected chi connectivity index (χ4v) is 4.33. The summed E-state index contributed by atoms with van der Waals surface area (Å²) >= 11 is 0. The molecule has 2 aromatic carbocycles. The van der Waals surface area contributed by atoms with Gasteiger partial charge in [0.25, 0.3) is 5.91 Å². The zero-order valence-corrected chi connectivity index (χ0v) is 19.3. The molecule has 2 aromatic heterocycles. The molecule has 9 heteroatoms. The Hall–Kier alpha value is -4.01. The molecule has 0 radical (unpaired) electrons. The number of carbonyl (C=O) groups is 1. The molecule has 1 amide bonds. The van der Waals surface area contributed by atoms with Crippen LogP contribution in [0.1, 0.15) is 54.0 Å². The monoisotopic (exact) mass is 457 g/mol. The normalized spacial score (nSPS) is 15.6. The van der Waals surface area contributed by atoms with Crippen molar-refractivity contribution in [1.82, 2.24) is 35.1 Å². The summed E-state index contributed by atoms with van der Waals surface area (Å²) in [7, 11) is 0. The van der Waals surface area contributed by atoms with E-state index in [2.05, 4.69) is 32.3 Å². The van der Waals surface area contributed by atoms with E-state index in [1.165, 1.54) is 4.80 Å². The summed E-state index contributed by atoms with van der Waals surface area (Å²) in [5.41, 5.74) is 3.09. The van der Waals surface area contributed by atoms with Crippen molar-refractivity contribution < 1.29 is 9.53 Å². The van der Waals surface area contributed by atoms with E-state index in [1.807, 2.05) is 54.3 Å². The van der Waals surface area contributed by atoms with Crippen LogP contribution in [0.4, 0.5) is 0 Å². The molecule has 1 aliphatic heterocycles. The molecular weight excluding hydrogens is 430 g/mol. The zero-order chi connectivity index (χ0) is 23.5. The highest BCUT2D eigenvalue weighted by Gasteiger charge is 2.34. The number of aromatic amines is 1. The minimum absolute atomic E-state index is 0.0665. The molecule has 4 aromatic rings. The van der Waals surface area contributed by atoms with Crippen LogP contribution >= 0.6 is 0 Å². The Morgan fingerprint density at radius 1 is 1.15 bits per heavy atom. The molecule has 9 nitrogen and oxygen atoms in total. The van der Waals surface area contributed by atoms with Crippen LogP contribution < -0.4 is 4.74 Å². The first kappa shape index (κ1) is 21.8. The number of aromatic nitrogens is 6. The number of benzene rings is 2. The standard InChI is InChI=1S/C25H27N7O2/c1-3-15-34-22-9-5-4-7-18(22)23-28-24(30-29-23)21-8-6-14-31(21)25(33)19-16-17(2)10-11-20(19)32-26-12-13-27-32/h4-5,7,9-13,16,21H,3,6,8,14-15H2,1-2H3,(H,28,29,30). The highest BCUT2D eigenvalue weighted by atomic mass is 16.5. The molecule has 0 spiro atoms. The van der Waals surface area contributed by atoms with Gasteiger partial charge in [-0.2, -0.15) is 15.0 Å². The molecule has 34 heavy (non-hydrogen) atoms. The number of likely N-dealkylation sites (tertiary alicyclic amines) is 1. The van der Waals surface area contributed by atoms with E-state index in [0.717, 1.165) is 36.1 Å². The first-order valence-electron chi connectivity index (χ1n) is 11.6. The van der Waals surface area contributed by atoms with Gasteiger partial charge in [-0.1, -0.05) is 30.7 Å². The second kappa shape index (κ2) is 9.46. The van der Waals surface area contributed by atoms with Gasteiger partial charge in [0.2, 0.25) is 0 Å². The van der Waals surface area contributed by atoms with E-state index in [-0.39, 0.29) is 11.9 Å². The average molecular weight is 458 g/mol.